The fourth-order valence-corrected chi connectivity index (χ4v) is 0.808. The van der Waals surface area contributed by atoms with Crippen LogP contribution in [0, 0.1) is 0 Å². The van der Waals surface area contributed by atoms with Crippen LogP contribution in [-0.4, -0.2) is 40.2 Å². The molecule has 1 unspecified atom stereocenters. The molecule has 0 saturated heterocycles. The highest BCUT2D eigenvalue weighted by Crippen LogP contribution is 2.06. The number of nitrogens with zero attached hydrogens (tertiary/aromatic N) is 1. The molecule has 1 rings (SSSR count). The van der Waals surface area contributed by atoms with Gasteiger partial charge in [-0.25, -0.2) is 14.4 Å². The average molecular weight is 256 g/mol. The van der Waals surface area contributed by atoms with Gasteiger partial charge in [-0.05, 0) is 12.1 Å². The molecule has 1 aromatic rings. The fraction of sp³-hybridized carbons (Fsp3) is 0.200. The molecule has 0 aliphatic carbocycles. The Morgan fingerprint density at radius 1 is 1.28 bits per heavy atom. The quantitative estimate of drug-likeness (QED) is 0.471. The minimum atomic E-state index is -1.82. The van der Waals surface area contributed by atoms with E-state index >= 15 is 0 Å². The van der Waals surface area contributed by atoms with Crippen LogP contribution in [-0.2, 0) is 19.1 Å². The molecular weight excluding hydrogens is 244 g/mol. The number of aromatic nitrogens is 1. The van der Waals surface area contributed by atoms with Crippen LogP contribution in [0.25, 0.3) is 0 Å². The number of methoxy groups -OCH3 is 1. The van der Waals surface area contributed by atoms with Gasteiger partial charge >= 0.3 is 17.9 Å². The van der Waals surface area contributed by atoms with Crippen LogP contribution < -0.4 is 5.73 Å². The molecule has 1 atom stereocenters. The van der Waals surface area contributed by atoms with Gasteiger partial charge in [0.1, 0.15) is 6.04 Å². The summed E-state index contributed by atoms with van der Waals surface area (Å²) in [5, 5.41) is 14.8. The first kappa shape index (κ1) is 15.5. The van der Waals surface area contributed by atoms with Gasteiger partial charge < -0.3 is 20.7 Å². The highest BCUT2D eigenvalue weighted by atomic mass is 16.5. The standard InChI is InChI=1S/C8H10N2O2.C2H2O4/c1-12-8(11)7(9)6-4-2-3-5-10-6;3-1(4)2(5)6/h2-5,7H,9H2,1H3;(H,3,4)(H,5,6). The zero-order chi connectivity index (χ0) is 14.1. The minimum Gasteiger partial charge on any atom is -0.473 e. The number of rotatable bonds is 2. The summed E-state index contributed by atoms with van der Waals surface area (Å²) >= 11 is 0. The van der Waals surface area contributed by atoms with Gasteiger partial charge in [-0.1, -0.05) is 6.07 Å². The number of hydrogen-bond acceptors (Lipinski definition) is 6. The number of aliphatic carboxylic acids is 2. The minimum absolute atomic E-state index is 0.478. The molecule has 18 heavy (non-hydrogen) atoms. The number of carbonyl (C=O) groups is 3. The Bertz CT molecular complexity index is 408. The number of nitrogens with two attached hydrogens (primary N) is 1. The highest BCUT2D eigenvalue weighted by Gasteiger charge is 2.16. The van der Waals surface area contributed by atoms with E-state index in [0.29, 0.717) is 5.69 Å². The van der Waals surface area contributed by atoms with Gasteiger partial charge in [0.25, 0.3) is 0 Å². The normalized spacial score (nSPS) is 10.6. The van der Waals surface area contributed by atoms with Crippen LogP contribution in [0.2, 0.25) is 0 Å². The molecule has 0 fully saturated rings. The van der Waals surface area contributed by atoms with Crippen molar-refractivity contribution in [2.75, 3.05) is 7.11 Å². The smallest absolute Gasteiger partial charge is 0.414 e. The Kier molecular flexibility index (Phi) is 6.67. The van der Waals surface area contributed by atoms with Gasteiger partial charge in [0.15, 0.2) is 0 Å². The molecule has 0 bridgehead atoms. The number of pyridine rings is 1. The molecule has 98 valence electrons. The number of esters is 1. The van der Waals surface area contributed by atoms with Gasteiger partial charge in [-0.2, -0.15) is 0 Å². The lowest BCUT2D eigenvalue weighted by atomic mass is 10.2. The van der Waals surface area contributed by atoms with Crippen molar-refractivity contribution in [1.29, 1.82) is 0 Å². The monoisotopic (exact) mass is 256 g/mol. The molecule has 0 aliphatic heterocycles. The predicted octanol–water partition coefficient (Wildman–Crippen LogP) is -0.590. The average Bonchev–Trinajstić information content (AvgIpc) is 2.38. The third kappa shape index (κ3) is 5.56. The van der Waals surface area contributed by atoms with Crippen molar-refractivity contribution in [3.63, 3.8) is 0 Å². The van der Waals surface area contributed by atoms with Crippen molar-refractivity contribution >= 4 is 17.9 Å². The number of carbonyl (C=O) groups excluding carboxylic acids is 1. The van der Waals surface area contributed by atoms with Gasteiger partial charge in [-0.15, -0.1) is 0 Å². The van der Waals surface area contributed by atoms with Crippen LogP contribution >= 0.6 is 0 Å². The number of carboxylic acid groups (broad SMARTS) is 2. The fourth-order valence-electron chi connectivity index (χ4n) is 0.808. The van der Waals surface area contributed by atoms with E-state index in [0.717, 1.165) is 0 Å². The molecule has 0 radical (unpaired) electrons. The number of hydrogen-bond donors (Lipinski definition) is 3. The zero-order valence-electron chi connectivity index (χ0n) is 9.44. The van der Waals surface area contributed by atoms with Gasteiger partial charge in [0, 0.05) is 6.20 Å². The van der Waals surface area contributed by atoms with Gasteiger partial charge in [0.2, 0.25) is 0 Å². The number of ether oxygens (including phenoxy) is 1. The largest absolute Gasteiger partial charge is 0.473 e. The van der Waals surface area contributed by atoms with Crippen molar-refractivity contribution < 1.29 is 29.3 Å². The molecular formula is C10H12N2O6. The Morgan fingerprint density at radius 3 is 2.17 bits per heavy atom. The molecule has 0 aliphatic rings. The second-order valence-electron chi connectivity index (χ2n) is 2.87. The Hall–Kier alpha value is -2.48. The second-order valence-corrected chi connectivity index (χ2v) is 2.87. The molecule has 8 heteroatoms. The summed E-state index contributed by atoms with van der Waals surface area (Å²) in [5.74, 6) is -4.13. The lowest BCUT2D eigenvalue weighted by Gasteiger charge is -2.06. The van der Waals surface area contributed by atoms with E-state index < -0.39 is 23.9 Å². The Balaban J connectivity index is 0.000000411. The molecule has 1 heterocycles. The summed E-state index contributed by atoms with van der Waals surface area (Å²) in [7, 11) is 1.30. The summed E-state index contributed by atoms with van der Waals surface area (Å²) in [6.07, 6.45) is 1.58. The lowest BCUT2D eigenvalue weighted by Crippen LogP contribution is -2.23. The van der Waals surface area contributed by atoms with Crippen LogP contribution in [0.5, 0.6) is 0 Å². The SMILES string of the molecule is COC(=O)C(N)c1ccccn1.O=C(O)C(=O)O. The summed E-state index contributed by atoms with van der Waals surface area (Å²) in [5.41, 5.74) is 6.03. The van der Waals surface area contributed by atoms with Crippen LogP contribution in [0.1, 0.15) is 11.7 Å². The van der Waals surface area contributed by atoms with E-state index in [1.165, 1.54) is 7.11 Å². The molecule has 0 spiro atoms. The first-order valence-corrected chi connectivity index (χ1v) is 4.60. The van der Waals surface area contributed by atoms with Crippen molar-refractivity contribution in [1.82, 2.24) is 4.98 Å². The van der Waals surface area contributed by atoms with E-state index in [9.17, 15) is 4.79 Å². The van der Waals surface area contributed by atoms with Crippen molar-refractivity contribution in [2.24, 2.45) is 5.73 Å². The van der Waals surface area contributed by atoms with Gasteiger partial charge in [-0.3, -0.25) is 4.98 Å². The van der Waals surface area contributed by atoms with E-state index in [1.54, 1.807) is 24.4 Å². The third-order valence-corrected chi connectivity index (χ3v) is 1.64. The lowest BCUT2D eigenvalue weighted by molar-refractivity contribution is -0.159. The Labute approximate surface area is 102 Å². The van der Waals surface area contributed by atoms with E-state index in [-0.39, 0.29) is 0 Å². The van der Waals surface area contributed by atoms with Crippen LogP contribution in [0.15, 0.2) is 24.4 Å². The van der Waals surface area contributed by atoms with E-state index in [2.05, 4.69) is 9.72 Å². The number of carboxylic acids is 2. The predicted molar refractivity (Wildman–Crippen MR) is 58.5 cm³/mol. The van der Waals surface area contributed by atoms with Crippen molar-refractivity contribution in [2.45, 2.75) is 6.04 Å². The van der Waals surface area contributed by atoms with Gasteiger partial charge in [0.05, 0.1) is 12.8 Å². The summed E-state index contributed by atoms with van der Waals surface area (Å²) in [4.78, 5) is 33.0. The molecule has 0 aromatic carbocycles. The molecule has 1 aromatic heterocycles. The Morgan fingerprint density at radius 2 is 1.83 bits per heavy atom. The molecule has 0 saturated carbocycles. The van der Waals surface area contributed by atoms with E-state index in [1.807, 2.05) is 0 Å². The van der Waals surface area contributed by atoms with Crippen LogP contribution in [0.3, 0.4) is 0 Å². The molecule has 8 nitrogen and oxygen atoms in total. The maximum atomic E-state index is 10.9. The highest BCUT2D eigenvalue weighted by molar-refractivity contribution is 6.27. The van der Waals surface area contributed by atoms with Crippen LogP contribution in [0.4, 0.5) is 0 Å². The van der Waals surface area contributed by atoms with Crippen molar-refractivity contribution in [3.05, 3.63) is 30.1 Å². The third-order valence-electron chi connectivity index (χ3n) is 1.64. The second kappa shape index (κ2) is 7.74. The first-order chi connectivity index (χ1) is 8.40. The summed E-state index contributed by atoms with van der Waals surface area (Å²) in [6, 6.07) is 4.43. The maximum absolute atomic E-state index is 10.9. The molecule has 4 N–H and O–H groups in total. The molecule has 0 amide bonds. The zero-order valence-corrected chi connectivity index (χ0v) is 9.44. The maximum Gasteiger partial charge on any atom is 0.414 e. The first-order valence-electron chi connectivity index (χ1n) is 4.60. The van der Waals surface area contributed by atoms with Crippen molar-refractivity contribution in [3.8, 4) is 0 Å². The summed E-state index contributed by atoms with van der Waals surface area (Å²) in [6.45, 7) is 0. The van der Waals surface area contributed by atoms with E-state index in [4.69, 9.17) is 25.5 Å². The summed E-state index contributed by atoms with van der Waals surface area (Å²) < 4.78 is 4.46. The topological polar surface area (TPSA) is 140 Å².